The molecule has 3 heteroatoms. The van der Waals surface area contributed by atoms with Gasteiger partial charge in [-0.3, -0.25) is 0 Å². The van der Waals surface area contributed by atoms with Crippen molar-refractivity contribution in [2.24, 2.45) is 0 Å². The van der Waals surface area contributed by atoms with Gasteiger partial charge in [0, 0.05) is 51.2 Å². The van der Waals surface area contributed by atoms with E-state index in [4.69, 9.17) is 0 Å². The second-order valence-corrected chi connectivity index (χ2v) is 13.3. The molecule has 256 valence electrons. The molecule has 0 spiro atoms. The highest BCUT2D eigenvalue weighted by atomic mass is 15.2. The van der Waals surface area contributed by atoms with Crippen LogP contribution in [0.2, 0.25) is 0 Å². The van der Waals surface area contributed by atoms with Gasteiger partial charge in [0.25, 0.3) is 0 Å². The lowest BCUT2D eigenvalue weighted by atomic mass is 10.0. The molecular weight excluding hydrogens is 643 g/mol. The molecule has 8 aromatic carbocycles. The monoisotopic (exact) mass is 683 g/mol. The summed E-state index contributed by atoms with van der Waals surface area (Å²) in [5.41, 5.74) is 14.8. The van der Waals surface area contributed by atoms with Crippen LogP contribution >= 0.6 is 0 Å². The summed E-state index contributed by atoms with van der Waals surface area (Å²) in [4.78, 5) is 6.94. The van der Waals surface area contributed by atoms with Crippen LogP contribution in [0.3, 0.4) is 0 Å². The largest absolute Gasteiger partial charge is 0.311 e. The number of anilines is 9. The van der Waals surface area contributed by atoms with Crippen LogP contribution in [0.15, 0.2) is 212 Å². The Morgan fingerprint density at radius 1 is 0.208 bits per heavy atom. The Labute approximate surface area is 313 Å². The van der Waals surface area contributed by atoms with E-state index in [1.165, 1.54) is 22.3 Å². The minimum Gasteiger partial charge on any atom is -0.311 e. The van der Waals surface area contributed by atoms with Gasteiger partial charge in [-0.25, -0.2) is 0 Å². The lowest BCUT2D eigenvalue weighted by Crippen LogP contribution is -2.13. The number of hydrogen-bond acceptors (Lipinski definition) is 3. The zero-order valence-corrected chi connectivity index (χ0v) is 30.0. The zero-order valence-electron chi connectivity index (χ0n) is 30.0. The van der Waals surface area contributed by atoms with Crippen molar-refractivity contribution in [3.8, 4) is 11.1 Å². The van der Waals surface area contributed by atoms with Crippen molar-refractivity contribution in [3.63, 3.8) is 0 Å². The van der Waals surface area contributed by atoms with Crippen LogP contribution in [0.4, 0.5) is 51.2 Å². The summed E-state index contributed by atoms with van der Waals surface area (Å²) >= 11 is 0. The molecule has 8 rings (SSSR count). The molecule has 53 heavy (non-hydrogen) atoms. The molecule has 3 nitrogen and oxygen atoms in total. The van der Waals surface area contributed by atoms with Crippen LogP contribution < -0.4 is 14.7 Å². The second kappa shape index (κ2) is 15.2. The SMILES string of the molecule is Cc1ccc(N(c2ccccc2)c2ccc(N(c3ccc(-c4ccccc4)cc3)c3ccc(N(c4ccccc4)c4ccc(C)cc4)cc3)cc2)cc1. The molecule has 0 aliphatic rings. The second-order valence-electron chi connectivity index (χ2n) is 13.3. The summed E-state index contributed by atoms with van der Waals surface area (Å²) in [7, 11) is 0. The Morgan fingerprint density at radius 3 is 0.717 bits per heavy atom. The van der Waals surface area contributed by atoms with E-state index in [2.05, 4.69) is 241 Å². The van der Waals surface area contributed by atoms with E-state index in [0.717, 1.165) is 51.2 Å². The maximum atomic E-state index is 2.33. The standard InChI is InChI=1S/C50H41N3/c1-38-18-24-44(25-19-38)51(42-14-8-4-9-15-42)47-30-34-49(35-31-47)53(46-28-22-41(23-29-46)40-12-6-3-7-13-40)50-36-32-48(33-37-50)52(43-16-10-5-11-17-43)45-26-20-39(2)21-27-45/h3-37H,1-2H3. The molecule has 8 aromatic rings. The van der Waals surface area contributed by atoms with Crippen LogP contribution in [-0.2, 0) is 0 Å². The van der Waals surface area contributed by atoms with E-state index < -0.39 is 0 Å². The van der Waals surface area contributed by atoms with E-state index in [1.54, 1.807) is 0 Å². The molecule has 0 N–H and O–H groups in total. The normalized spacial score (nSPS) is 10.8. The van der Waals surface area contributed by atoms with E-state index >= 15 is 0 Å². The molecule has 0 atom stereocenters. The third-order valence-corrected chi connectivity index (χ3v) is 9.58. The van der Waals surface area contributed by atoms with Crippen LogP contribution in [0, 0.1) is 13.8 Å². The first-order valence-electron chi connectivity index (χ1n) is 18.1. The van der Waals surface area contributed by atoms with Gasteiger partial charge in [0.15, 0.2) is 0 Å². The van der Waals surface area contributed by atoms with Gasteiger partial charge in [0.05, 0.1) is 0 Å². The third-order valence-electron chi connectivity index (χ3n) is 9.58. The van der Waals surface area contributed by atoms with Gasteiger partial charge in [0.1, 0.15) is 0 Å². The maximum Gasteiger partial charge on any atom is 0.0463 e. The zero-order chi connectivity index (χ0) is 36.0. The van der Waals surface area contributed by atoms with Gasteiger partial charge in [-0.1, -0.05) is 114 Å². The quantitative estimate of drug-likeness (QED) is 0.142. The number of benzene rings is 8. The predicted molar refractivity (Wildman–Crippen MR) is 225 cm³/mol. The van der Waals surface area contributed by atoms with Crippen LogP contribution in [0.1, 0.15) is 11.1 Å². The first kappa shape index (κ1) is 33.3. The molecule has 0 aliphatic carbocycles. The molecule has 0 saturated heterocycles. The first-order chi connectivity index (χ1) is 26.1. The molecule has 0 saturated carbocycles. The maximum absolute atomic E-state index is 2.33. The van der Waals surface area contributed by atoms with Crippen LogP contribution in [0.25, 0.3) is 11.1 Å². The van der Waals surface area contributed by atoms with Gasteiger partial charge >= 0.3 is 0 Å². The Hall–Kier alpha value is -6.84. The third kappa shape index (κ3) is 7.33. The number of nitrogens with zero attached hydrogens (tertiary/aromatic N) is 3. The lowest BCUT2D eigenvalue weighted by molar-refractivity contribution is 1.24. The minimum atomic E-state index is 1.07. The smallest absolute Gasteiger partial charge is 0.0463 e. The van der Waals surface area contributed by atoms with Crippen molar-refractivity contribution >= 4 is 51.2 Å². The summed E-state index contributed by atoms with van der Waals surface area (Å²) in [6, 6.07) is 75.7. The van der Waals surface area contributed by atoms with Crippen molar-refractivity contribution < 1.29 is 0 Å². The average molecular weight is 684 g/mol. The Morgan fingerprint density at radius 2 is 0.415 bits per heavy atom. The van der Waals surface area contributed by atoms with E-state index in [9.17, 15) is 0 Å². The highest BCUT2D eigenvalue weighted by Gasteiger charge is 2.18. The number of rotatable bonds is 10. The molecule has 0 aliphatic heterocycles. The molecule has 0 unspecified atom stereocenters. The minimum absolute atomic E-state index is 1.07. The summed E-state index contributed by atoms with van der Waals surface area (Å²) in [6.45, 7) is 4.25. The van der Waals surface area contributed by atoms with Crippen molar-refractivity contribution in [3.05, 3.63) is 223 Å². The van der Waals surface area contributed by atoms with Gasteiger partial charge < -0.3 is 14.7 Å². The molecule has 0 heterocycles. The van der Waals surface area contributed by atoms with Gasteiger partial charge in [0.2, 0.25) is 0 Å². The van der Waals surface area contributed by atoms with Crippen molar-refractivity contribution in [2.75, 3.05) is 14.7 Å². The van der Waals surface area contributed by atoms with Gasteiger partial charge in [-0.15, -0.1) is 0 Å². The van der Waals surface area contributed by atoms with Crippen molar-refractivity contribution in [2.45, 2.75) is 13.8 Å². The van der Waals surface area contributed by atoms with Crippen molar-refractivity contribution in [1.29, 1.82) is 0 Å². The summed E-state index contributed by atoms with van der Waals surface area (Å²) in [6.07, 6.45) is 0. The van der Waals surface area contributed by atoms with Crippen molar-refractivity contribution in [1.82, 2.24) is 0 Å². The fourth-order valence-corrected chi connectivity index (χ4v) is 6.82. The van der Waals surface area contributed by atoms with E-state index in [-0.39, 0.29) is 0 Å². The fourth-order valence-electron chi connectivity index (χ4n) is 6.82. The Balaban J connectivity index is 1.19. The summed E-state index contributed by atoms with van der Waals surface area (Å²) < 4.78 is 0. The van der Waals surface area contributed by atoms with Gasteiger partial charge in [-0.05, 0) is 134 Å². The van der Waals surface area contributed by atoms with E-state index in [1.807, 2.05) is 0 Å². The molecule has 0 fully saturated rings. The average Bonchev–Trinajstić information content (AvgIpc) is 3.22. The summed E-state index contributed by atoms with van der Waals surface area (Å²) in [5, 5.41) is 0. The Bertz CT molecular complexity index is 2220. The highest BCUT2D eigenvalue weighted by molar-refractivity contribution is 5.84. The first-order valence-corrected chi connectivity index (χ1v) is 18.1. The molecule has 0 bridgehead atoms. The molecule has 0 amide bonds. The highest BCUT2D eigenvalue weighted by Crippen LogP contribution is 2.41. The predicted octanol–water partition coefficient (Wildman–Crippen LogP) is 14.4. The summed E-state index contributed by atoms with van der Waals surface area (Å²) in [5.74, 6) is 0. The van der Waals surface area contributed by atoms with Gasteiger partial charge in [-0.2, -0.15) is 0 Å². The molecular formula is C50H41N3. The Kier molecular flexibility index (Phi) is 9.54. The lowest BCUT2D eigenvalue weighted by Gasteiger charge is -2.29. The topological polar surface area (TPSA) is 9.72 Å². The number of hydrogen-bond donors (Lipinski definition) is 0. The number of aryl methyl sites for hydroxylation is 2. The molecule has 0 aromatic heterocycles. The van der Waals surface area contributed by atoms with E-state index in [0.29, 0.717) is 0 Å². The fraction of sp³-hybridized carbons (Fsp3) is 0.0400. The number of para-hydroxylation sites is 2. The van der Waals surface area contributed by atoms with Crippen LogP contribution in [-0.4, -0.2) is 0 Å². The molecule has 0 radical (unpaired) electrons. The van der Waals surface area contributed by atoms with Crippen LogP contribution in [0.5, 0.6) is 0 Å².